The van der Waals surface area contributed by atoms with Crippen molar-refractivity contribution in [1.29, 1.82) is 0 Å². The zero-order chi connectivity index (χ0) is 14.5. The number of nitrogens with one attached hydrogen (secondary N) is 2. The molecule has 0 saturated heterocycles. The number of hydrogen-bond donors (Lipinski definition) is 2. The molecule has 0 aliphatic rings. The molecule has 0 saturated carbocycles. The van der Waals surface area contributed by atoms with E-state index in [9.17, 15) is 4.79 Å². The third-order valence-corrected chi connectivity index (χ3v) is 3.59. The van der Waals surface area contributed by atoms with E-state index in [-0.39, 0.29) is 11.9 Å². The van der Waals surface area contributed by atoms with Crippen molar-refractivity contribution in [3.8, 4) is 0 Å². The molecule has 0 spiro atoms. The quantitative estimate of drug-likeness (QED) is 0.771. The summed E-state index contributed by atoms with van der Waals surface area (Å²) in [5, 5.41) is 6.27. The maximum Gasteiger partial charge on any atom is 0.221 e. The van der Waals surface area contributed by atoms with Crippen molar-refractivity contribution < 1.29 is 4.79 Å². The maximum absolute atomic E-state index is 11.1. The summed E-state index contributed by atoms with van der Waals surface area (Å²) in [6, 6.07) is 16.3. The fourth-order valence-corrected chi connectivity index (χ4v) is 2.54. The van der Waals surface area contributed by atoms with Crippen LogP contribution in [0.1, 0.15) is 25.5 Å². The molecule has 3 nitrogen and oxygen atoms in total. The fourth-order valence-electron chi connectivity index (χ4n) is 2.00. The molecule has 0 aliphatic heterocycles. The van der Waals surface area contributed by atoms with Gasteiger partial charge < -0.3 is 10.6 Å². The van der Waals surface area contributed by atoms with Crippen LogP contribution in [0.3, 0.4) is 0 Å². The Hall–Kier alpha value is -1.56. The van der Waals surface area contributed by atoms with Gasteiger partial charge in [-0.25, -0.2) is 0 Å². The van der Waals surface area contributed by atoms with Gasteiger partial charge in [0.1, 0.15) is 0 Å². The molecule has 0 bridgehead atoms. The Morgan fingerprint density at radius 1 is 1.10 bits per heavy atom. The molecule has 2 N–H and O–H groups in total. The van der Waals surface area contributed by atoms with Crippen molar-refractivity contribution >= 4 is 39.9 Å². The van der Waals surface area contributed by atoms with Gasteiger partial charge in [-0.15, -0.1) is 0 Å². The van der Waals surface area contributed by atoms with E-state index in [4.69, 9.17) is 0 Å². The van der Waals surface area contributed by atoms with Gasteiger partial charge in [0.05, 0.1) is 0 Å². The third-order valence-electron chi connectivity index (χ3n) is 2.91. The fraction of sp³-hybridized carbons (Fsp3) is 0.188. The van der Waals surface area contributed by atoms with Gasteiger partial charge in [-0.05, 0) is 65.4 Å². The first kappa shape index (κ1) is 14.8. The van der Waals surface area contributed by atoms with E-state index in [1.165, 1.54) is 10.5 Å². The van der Waals surface area contributed by atoms with Crippen LogP contribution in [0.25, 0.3) is 0 Å². The highest BCUT2D eigenvalue weighted by molar-refractivity contribution is 14.1. The van der Waals surface area contributed by atoms with Gasteiger partial charge in [0.15, 0.2) is 0 Å². The zero-order valence-corrected chi connectivity index (χ0v) is 13.6. The van der Waals surface area contributed by atoms with E-state index in [1.807, 2.05) is 24.3 Å². The largest absolute Gasteiger partial charge is 0.378 e. The molecule has 20 heavy (non-hydrogen) atoms. The summed E-state index contributed by atoms with van der Waals surface area (Å²) >= 11 is 2.30. The van der Waals surface area contributed by atoms with Gasteiger partial charge in [0.25, 0.3) is 0 Å². The smallest absolute Gasteiger partial charge is 0.221 e. The third kappa shape index (κ3) is 4.23. The zero-order valence-electron chi connectivity index (χ0n) is 11.5. The van der Waals surface area contributed by atoms with Crippen LogP contribution >= 0.6 is 22.6 Å². The van der Waals surface area contributed by atoms with E-state index < -0.39 is 0 Å². The number of anilines is 2. The second kappa shape index (κ2) is 6.74. The van der Waals surface area contributed by atoms with Crippen LogP contribution in [0.2, 0.25) is 0 Å². The van der Waals surface area contributed by atoms with Crippen molar-refractivity contribution in [2.45, 2.75) is 19.9 Å². The number of halogens is 1. The van der Waals surface area contributed by atoms with Crippen LogP contribution in [-0.2, 0) is 4.79 Å². The van der Waals surface area contributed by atoms with Gasteiger partial charge in [-0.2, -0.15) is 0 Å². The molecule has 1 unspecified atom stereocenters. The highest BCUT2D eigenvalue weighted by Gasteiger charge is 2.06. The lowest BCUT2D eigenvalue weighted by Crippen LogP contribution is -2.09. The lowest BCUT2D eigenvalue weighted by Gasteiger charge is -2.17. The summed E-state index contributed by atoms with van der Waals surface area (Å²) in [5.41, 5.74) is 3.05. The monoisotopic (exact) mass is 380 g/mol. The molecule has 0 radical (unpaired) electrons. The summed E-state index contributed by atoms with van der Waals surface area (Å²) in [6.07, 6.45) is 0. The second-order valence-electron chi connectivity index (χ2n) is 4.68. The van der Waals surface area contributed by atoms with Gasteiger partial charge in [-0.3, -0.25) is 4.79 Å². The minimum atomic E-state index is -0.0552. The molecule has 2 aromatic carbocycles. The van der Waals surface area contributed by atoms with E-state index >= 15 is 0 Å². The Bertz CT molecular complexity index is 613. The Morgan fingerprint density at radius 3 is 2.50 bits per heavy atom. The summed E-state index contributed by atoms with van der Waals surface area (Å²) in [5.74, 6) is -0.0552. The minimum absolute atomic E-state index is 0.0552. The first-order valence-electron chi connectivity index (χ1n) is 6.44. The van der Waals surface area contributed by atoms with Gasteiger partial charge in [0.2, 0.25) is 5.91 Å². The molecule has 1 amide bonds. The number of hydrogen-bond acceptors (Lipinski definition) is 2. The molecule has 104 valence electrons. The Labute approximate surface area is 132 Å². The first-order valence-corrected chi connectivity index (χ1v) is 7.52. The van der Waals surface area contributed by atoms with Gasteiger partial charge in [0, 0.05) is 27.9 Å². The minimum Gasteiger partial charge on any atom is -0.378 e. The molecular formula is C16H17IN2O. The van der Waals surface area contributed by atoms with Crippen LogP contribution in [-0.4, -0.2) is 5.91 Å². The molecular weight excluding hydrogens is 363 g/mol. The maximum atomic E-state index is 11.1. The highest BCUT2D eigenvalue weighted by Crippen LogP contribution is 2.22. The number of carbonyl (C=O) groups excluding carboxylic acids is 1. The molecule has 0 heterocycles. The molecule has 0 aliphatic carbocycles. The topological polar surface area (TPSA) is 41.1 Å². The standard InChI is InChI=1S/C16H17IN2O/c1-11(18-16-8-4-6-14(17)10-16)13-5-3-7-15(9-13)19-12(2)20/h3-11,18H,1-2H3,(H,19,20). The highest BCUT2D eigenvalue weighted by atomic mass is 127. The van der Waals surface area contributed by atoms with Crippen molar-refractivity contribution in [3.63, 3.8) is 0 Å². The second-order valence-corrected chi connectivity index (χ2v) is 5.93. The van der Waals surface area contributed by atoms with Crippen molar-refractivity contribution in [2.75, 3.05) is 10.6 Å². The number of carbonyl (C=O) groups is 1. The van der Waals surface area contributed by atoms with Crippen LogP contribution in [0, 0.1) is 3.57 Å². The predicted octanol–water partition coefficient (Wildman–Crippen LogP) is 4.42. The summed E-state index contributed by atoms with van der Waals surface area (Å²) in [6.45, 7) is 3.62. The molecule has 2 aromatic rings. The van der Waals surface area contributed by atoms with E-state index in [2.05, 4.69) is 64.4 Å². The van der Waals surface area contributed by atoms with Crippen molar-refractivity contribution in [3.05, 3.63) is 57.7 Å². The van der Waals surface area contributed by atoms with Crippen LogP contribution in [0.4, 0.5) is 11.4 Å². The van der Waals surface area contributed by atoms with Gasteiger partial charge in [-0.1, -0.05) is 18.2 Å². The Kier molecular flexibility index (Phi) is 5.00. The summed E-state index contributed by atoms with van der Waals surface area (Å²) < 4.78 is 1.20. The average Bonchev–Trinajstić information content (AvgIpc) is 2.38. The SMILES string of the molecule is CC(=O)Nc1cccc(C(C)Nc2cccc(I)c2)c1. The first-order chi connectivity index (χ1) is 9.54. The van der Waals surface area contributed by atoms with Crippen LogP contribution < -0.4 is 10.6 Å². The predicted molar refractivity (Wildman–Crippen MR) is 91.9 cm³/mol. The van der Waals surface area contributed by atoms with E-state index in [0.717, 1.165) is 16.9 Å². The summed E-state index contributed by atoms with van der Waals surface area (Å²) in [7, 11) is 0. The molecule has 4 heteroatoms. The van der Waals surface area contributed by atoms with E-state index in [0.29, 0.717) is 0 Å². The number of benzene rings is 2. The normalized spacial score (nSPS) is 11.8. The van der Waals surface area contributed by atoms with Crippen LogP contribution in [0.5, 0.6) is 0 Å². The van der Waals surface area contributed by atoms with Crippen molar-refractivity contribution in [1.82, 2.24) is 0 Å². The Morgan fingerprint density at radius 2 is 1.80 bits per heavy atom. The lowest BCUT2D eigenvalue weighted by molar-refractivity contribution is -0.114. The number of amides is 1. The van der Waals surface area contributed by atoms with Gasteiger partial charge >= 0.3 is 0 Å². The average molecular weight is 380 g/mol. The molecule has 1 atom stereocenters. The molecule has 2 rings (SSSR count). The van der Waals surface area contributed by atoms with E-state index in [1.54, 1.807) is 0 Å². The molecule has 0 fully saturated rings. The summed E-state index contributed by atoms with van der Waals surface area (Å²) in [4.78, 5) is 11.1. The van der Waals surface area contributed by atoms with Crippen molar-refractivity contribution in [2.24, 2.45) is 0 Å². The Balaban J connectivity index is 2.12. The molecule has 0 aromatic heterocycles. The lowest BCUT2D eigenvalue weighted by atomic mass is 10.1. The van der Waals surface area contributed by atoms with Crippen LogP contribution in [0.15, 0.2) is 48.5 Å². The number of rotatable bonds is 4.